The molecule has 1 aromatic heterocycles. The molecule has 0 atom stereocenters. The molecule has 124 valence electrons. The molecule has 7 nitrogen and oxygen atoms in total. The zero-order chi connectivity index (χ0) is 15.2. The summed E-state index contributed by atoms with van der Waals surface area (Å²) in [6, 6.07) is 7.52. The van der Waals surface area contributed by atoms with Crippen LogP contribution in [-0.4, -0.2) is 35.5 Å². The van der Waals surface area contributed by atoms with E-state index in [1.54, 1.807) is 6.20 Å². The number of nitrogens with zero attached hydrogens (tertiary/aromatic N) is 3. The van der Waals surface area contributed by atoms with Gasteiger partial charge in [0.05, 0.1) is 26.3 Å². The molecule has 3 N–H and O–H groups in total. The summed E-state index contributed by atoms with van der Waals surface area (Å²) in [5, 5.41) is 7.16. The van der Waals surface area contributed by atoms with E-state index in [9.17, 15) is 0 Å². The van der Waals surface area contributed by atoms with Crippen molar-refractivity contribution in [1.82, 2.24) is 9.78 Å². The first-order chi connectivity index (χ1) is 10.8. The molecule has 0 unspecified atom stereocenters. The molecular weight excluding hydrogens is 409 g/mol. The van der Waals surface area contributed by atoms with E-state index in [0.717, 1.165) is 23.6 Å². The highest BCUT2D eigenvalue weighted by molar-refractivity contribution is 14.0. The molecule has 0 radical (unpaired) electrons. The maximum Gasteiger partial charge on any atom is 0.193 e. The summed E-state index contributed by atoms with van der Waals surface area (Å²) in [6.45, 7) is 2.59. The number of hydrogen-bond acceptors (Lipinski definition) is 4. The molecule has 3 rings (SSSR count). The molecule has 1 aliphatic rings. The molecule has 0 saturated heterocycles. The topological polar surface area (TPSA) is 86.7 Å². The smallest absolute Gasteiger partial charge is 0.193 e. The van der Waals surface area contributed by atoms with Crippen LogP contribution >= 0.6 is 24.0 Å². The zero-order valence-electron chi connectivity index (χ0n) is 12.6. The van der Waals surface area contributed by atoms with Crippen molar-refractivity contribution in [1.29, 1.82) is 0 Å². The summed E-state index contributed by atoms with van der Waals surface area (Å²) < 4.78 is 13.0. The fourth-order valence-electron chi connectivity index (χ4n) is 2.13. The first kappa shape index (κ1) is 17.4. The van der Waals surface area contributed by atoms with Crippen LogP contribution < -0.4 is 20.5 Å². The number of aliphatic imine (C=N–C) groups is 1. The highest BCUT2D eigenvalue weighted by Gasteiger charge is 2.10. The molecule has 1 aromatic carbocycles. The lowest BCUT2D eigenvalue weighted by molar-refractivity contribution is 0.297. The quantitative estimate of drug-likeness (QED) is 0.442. The molecule has 0 spiro atoms. The van der Waals surface area contributed by atoms with E-state index in [1.807, 2.05) is 35.1 Å². The molecule has 0 saturated carbocycles. The van der Waals surface area contributed by atoms with Crippen LogP contribution in [0.5, 0.6) is 11.5 Å². The first-order valence-electron chi connectivity index (χ1n) is 7.25. The summed E-state index contributed by atoms with van der Waals surface area (Å²) in [5.74, 6) is 1.85. The number of hydrogen-bond donors (Lipinski definition) is 2. The third-order valence-corrected chi connectivity index (χ3v) is 3.19. The summed E-state index contributed by atoms with van der Waals surface area (Å²) in [7, 11) is 0. The lowest BCUT2D eigenvalue weighted by Crippen LogP contribution is -2.23. The van der Waals surface area contributed by atoms with Crippen LogP contribution in [0.1, 0.15) is 6.42 Å². The van der Waals surface area contributed by atoms with Crippen LogP contribution in [0.2, 0.25) is 0 Å². The highest BCUT2D eigenvalue weighted by atomic mass is 127. The molecule has 2 heterocycles. The van der Waals surface area contributed by atoms with Gasteiger partial charge in [-0.1, -0.05) is 0 Å². The van der Waals surface area contributed by atoms with Crippen molar-refractivity contribution < 1.29 is 9.47 Å². The fraction of sp³-hybridized carbons (Fsp3) is 0.333. The Bertz CT molecular complexity index is 645. The summed E-state index contributed by atoms with van der Waals surface area (Å²) >= 11 is 0. The van der Waals surface area contributed by atoms with E-state index < -0.39 is 0 Å². The van der Waals surface area contributed by atoms with Crippen molar-refractivity contribution in [3.63, 3.8) is 0 Å². The Labute approximate surface area is 151 Å². The normalized spacial score (nSPS) is 13.8. The predicted molar refractivity (Wildman–Crippen MR) is 99.8 cm³/mol. The number of benzene rings is 1. The third kappa shape index (κ3) is 5.02. The number of halogens is 1. The first-order valence-corrected chi connectivity index (χ1v) is 7.25. The second-order valence-electron chi connectivity index (χ2n) is 4.87. The summed E-state index contributed by atoms with van der Waals surface area (Å²) in [5.41, 5.74) is 6.71. The Kier molecular flexibility index (Phi) is 6.51. The minimum absolute atomic E-state index is 0. The van der Waals surface area contributed by atoms with E-state index in [-0.39, 0.29) is 24.0 Å². The number of nitrogens with two attached hydrogens (primary N) is 1. The van der Waals surface area contributed by atoms with Crippen molar-refractivity contribution in [2.75, 3.05) is 25.1 Å². The lowest BCUT2D eigenvalue weighted by Gasteiger charge is -2.10. The van der Waals surface area contributed by atoms with Gasteiger partial charge in [-0.15, -0.1) is 24.0 Å². The molecule has 0 bridgehead atoms. The van der Waals surface area contributed by atoms with E-state index in [4.69, 9.17) is 15.2 Å². The molecule has 8 heteroatoms. The Morgan fingerprint density at radius 3 is 2.91 bits per heavy atom. The van der Waals surface area contributed by atoms with Crippen LogP contribution in [0, 0.1) is 0 Å². The van der Waals surface area contributed by atoms with Gasteiger partial charge in [0, 0.05) is 30.6 Å². The van der Waals surface area contributed by atoms with Gasteiger partial charge < -0.3 is 20.5 Å². The maximum atomic E-state index is 5.89. The summed E-state index contributed by atoms with van der Waals surface area (Å²) in [6.07, 6.45) is 4.51. The molecule has 2 aromatic rings. The van der Waals surface area contributed by atoms with Crippen LogP contribution in [0.3, 0.4) is 0 Å². The number of aromatic nitrogens is 2. The average Bonchev–Trinajstić information content (AvgIpc) is 2.91. The van der Waals surface area contributed by atoms with Crippen molar-refractivity contribution in [2.45, 2.75) is 13.0 Å². The molecule has 0 fully saturated rings. The van der Waals surface area contributed by atoms with Crippen molar-refractivity contribution in [2.24, 2.45) is 10.7 Å². The van der Waals surface area contributed by atoms with Gasteiger partial charge in [-0.25, -0.2) is 0 Å². The van der Waals surface area contributed by atoms with Crippen molar-refractivity contribution in [3.8, 4) is 11.5 Å². The van der Waals surface area contributed by atoms with Gasteiger partial charge in [0.2, 0.25) is 0 Å². The predicted octanol–water partition coefficient (Wildman–Crippen LogP) is 2.09. The number of ether oxygens (including phenoxy) is 2. The zero-order valence-corrected chi connectivity index (χ0v) is 15.0. The van der Waals surface area contributed by atoms with Gasteiger partial charge >= 0.3 is 0 Å². The Hall–Kier alpha value is -1.97. The Morgan fingerprint density at radius 1 is 1.30 bits per heavy atom. The van der Waals surface area contributed by atoms with E-state index in [0.29, 0.717) is 32.3 Å². The minimum Gasteiger partial charge on any atom is -0.490 e. The monoisotopic (exact) mass is 429 g/mol. The van der Waals surface area contributed by atoms with Crippen LogP contribution in [0.4, 0.5) is 5.69 Å². The number of rotatable bonds is 4. The van der Waals surface area contributed by atoms with Crippen molar-refractivity contribution in [3.05, 3.63) is 36.7 Å². The van der Waals surface area contributed by atoms with Gasteiger partial charge in [-0.3, -0.25) is 9.67 Å². The van der Waals surface area contributed by atoms with Crippen LogP contribution in [-0.2, 0) is 6.54 Å². The number of nitrogens with one attached hydrogen (secondary N) is 1. The number of guanidine groups is 1. The fourth-order valence-corrected chi connectivity index (χ4v) is 2.13. The maximum absolute atomic E-state index is 5.89. The van der Waals surface area contributed by atoms with Crippen molar-refractivity contribution >= 4 is 35.6 Å². The number of anilines is 1. The Morgan fingerprint density at radius 2 is 2.13 bits per heavy atom. The second kappa shape index (κ2) is 8.61. The molecular formula is C15H20IN5O2. The molecule has 0 amide bonds. The third-order valence-electron chi connectivity index (χ3n) is 3.19. The SMILES string of the molecule is I.NC(=NCCn1cccn1)Nc1ccc2c(c1)OCCCO2. The van der Waals surface area contributed by atoms with Gasteiger partial charge in [0.25, 0.3) is 0 Å². The molecule has 1 aliphatic heterocycles. The second-order valence-corrected chi connectivity index (χ2v) is 4.87. The lowest BCUT2D eigenvalue weighted by atomic mass is 10.3. The van der Waals surface area contributed by atoms with Gasteiger partial charge in [0.1, 0.15) is 0 Å². The largest absolute Gasteiger partial charge is 0.490 e. The molecule has 0 aliphatic carbocycles. The van der Waals surface area contributed by atoms with E-state index in [1.165, 1.54) is 0 Å². The van der Waals surface area contributed by atoms with Gasteiger partial charge in [0.15, 0.2) is 17.5 Å². The van der Waals surface area contributed by atoms with E-state index in [2.05, 4.69) is 15.4 Å². The summed E-state index contributed by atoms with van der Waals surface area (Å²) in [4.78, 5) is 4.28. The standard InChI is InChI=1S/C15H19N5O2.HI/c16-15(17-6-8-20-7-1-5-18-20)19-12-3-4-13-14(11-12)22-10-2-9-21-13;/h1,3-5,7,11H,2,6,8-10H2,(H3,16,17,19);1H. The minimum atomic E-state index is 0. The van der Waals surface area contributed by atoms with Crippen LogP contribution in [0.15, 0.2) is 41.7 Å². The number of fused-ring (bicyclic) bond motifs is 1. The van der Waals surface area contributed by atoms with E-state index >= 15 is 0 Å². The van der Waals surface area contributed by atoms with Gasteiger partial charge in [-0.2, -0.15) is 5.10 Å². The van der Waals surface area contributed by atoms with Gasteiger partial charge in [-0.05, 0) is 18.2 Å². The Balaban J connectivity index is 0.00000192. The average molecular weight is 429 g/mol. The highest BCUT2D eigenvalue weighted by Crippen LogP contribution is 2.32. The molecule has 23 heavy (non-hydrogen) atoms. The van der Waals surface area contributed by atoms with Crippen LogP contribution in [0.25, 0.3) is 0 Å².